The lowest BCUT2D eigenvalue weighted by molar-refractivity contribution is 0.0492. The molecule has 2 aliphatic rings. The van der Waals surface area contributed by atoms with Gasteiger partial charge in [0.15, 0.2) is 0 Å². The lowest BCUT2D eigenvalue weighted by atomic mass is 9.85. The van der Waals surface area contributed by atoms with E-state index in [2.05, 4.69) is 38.1 Å². The van der Waals surface area contributed by atoms with E-state index in [1.807, 2.05) is 12.1 Å². The number of ether oxygens (including phenoxy) is 1. The van der Waals surface area contributed by atoms with E-state index in [4.69, 9.17) is 4.74 Å². The van der Waals surface area contributed by atoms with Crippen LogP contribution in [-0.4, -0.2) is 17.8 Å². The van der Waals surface area contributed by atoms with Crippen molar-refractivity contribution in [2.45, 2.75) is 45.1 Å². The van der Waals surface area contributed by atoms with Gasteiger partial charge in [0.25, 0.3) is 0 Å². The van der Waals surface area contributed by atoms with Gasteiger partial charge in [-0.15, -0.1) is 0 Å². The first-order chi connectivity index (χ1) is 10.5. The molecule has 1 unspecified atom stereocenters. The number of rotatable bonds is 2. The molecule has 1 N–H and O–H groups in total. The van der Waals surface area contributed by atoms with Gasteiger partial charge in [-0.05, 0) is 62.3 Å². The Balaban J connectivity index is 2.07. The molecule has 22 heavy (non-hydrogen) atoms. The fourth-order valence-corrected chi connectivity index (χ4v) is 3.45. The van der Waals surface area contributed by atoms with Crippen molar-refractivity contribution >= 4 is 5.57 Å². The molecule has 0 aliphatic heterocycles. The van der Waals surface area contributed by atoms with Gasteiger partial charge >= 0.3 is 0 Å². The largest absolute Gasteiger partial charge is 0.507 e. The highest BCUT2D eigenvalue weighted by Crippen LogP contribution is 2.41. The Morgan fingerprint density at radius 3 is 2.68 bits per heavy atom. The van der Waals surface area contributed by atoms with Crippen LogP contribution in [-0.2, 0) is 4.74 Å². The second-order valence-corrected chi connectivity index (χ2v) is 6.50. The van der Waals surface area contributed by atoms with E-state index in [0.29, 0.717) is 5.76 Å². The molecule has 0 spiro atoms. The van der Waals surface area contributed by atoms with Crippen LogP contribution in [0.3, 0.4) is 0 Å². The Labute approximate surface area is 132 Å². The second-order valence-electron chi connectivity index (χ2n) is 6.50. The summed E-state index contributed by atoms with van der Waals surface area (Å²) in [6, 6.07) is 8.30. The van der Waals surface area contributed by atoms with Crippen LogP contribution in [0.1, 0.15) is 43.7 Å². The van der Waals surface area contributed by atoms with Crippen molar-refractivity contribution in [1.82, 2.24) is 0 Å². The highest BCUT2D eigenvalue weighted by molar-refractivity contribution is 5.75. The van der Waals surface area contributed by atoms with E-state index in [-0.39, 0.29) is 5.60 Å². The third-order valence-electron chi connectivity index (χ3n) is 4.89. The van der Waals surface area contributed by atoms with Crippen molar-refractivity contribution in [2.75, 3.05) is 7.11 Å². The number of fused-ring (bicyclic) bond motifs is 1. The number of aliphatic hydroxyl groups excluding tert-OH is 1. The van der Waals surface area contributed by atoms with E-state index >= 15 is 0 Å². The summed E-state index contributed by atoms with van der Waals surface area (Å²) < 4.78 is 5.62. The normalized spacial score (nSPS) is 25.2. The fraction of sp³-hybridized carbons (Fsp3) is 0.400. The molecule has 0 radical (unpaired) electrons. The molecule has 2 nitrogen and oxygen atoms in total. The second kappa shape index (κ2) is 5.77. The lowest BCUT2D eigenvalue weighted by Crippen LogP contribution is -2.27. The molecule has 3 rings (SSSR count). The van der Waals surface area contributed by atoms with Gasteiger partial charge in [-0.1, -0.05) is 30.3 Å². The van der Waals surface area contributed by atoms with Crippen molar-refractivity contribution < 1.29 is 9.84 Å². The van der Waals surface area contributed by atoms with Gasteiger partial charge in [-0.3, -0.25) is 0 Å². The number of methoxy groups -OCH3 is 1. The minimum atomic E-state index is -0.244. The zero-order valence-corrected chi connectivity index (χ0v) is 13.6. The summed E-state index contributed by atoms with van der Waals surface area (Å²) >= 11 is 0. The molecule has 0 fully saturated rings. The van der Waals surface area contributed by atoms with Crippen LogP contribution < -0.4 is 0 Å². The number of aliphatic hydroxyl groups is 1. The maximum absolute atomic E-state index is 10.9. The smallest absolute Gasteiger partial charge is 0.126 e. The Bertz CT molecular complexity index is 679. The summed E-state index contributed by atoms with van der Waals surface area (Å²) in [7, 11) is 1.75. The fourth-order valence-electron chi connectivity index (χ4n) is 3.45. The van der Waals surface area contributed by atoms with Gasteiger partial charge in [0, 0.05) is 18.3 Å². The quantitative estimate of drug-likeness (QED) is 0.821. The monoisotopic (exact) mass is 296 g/mol. The van der Waals surface area contributed by atoms with Crippen molar-refractivity contribution in [1.29, 1.82) is 0 Å². The first kappa shape index (κ1) is 15.1. The molecule has 0 bridgehead atoms. The Morgan fingerprint density at radius 2 is 1.95 bits per heavy atom. The minimum absolute atomic E-state index is 0.244. The maximum atomic E-state index is 10.9. The highest BCUT2D eigenvalue weighted by atomic mass is 16.5. The van der Waals surface area contributed by atoms with Crippen LogP contribution in [0.5, 0.6) is 0 Å². The summed E-state index contributed by atoms with van der Waals surface area (Å²) in [5, 5.41) is 10.9. The Morgan fingerprint density at radius 1 is 1.18 bits per heavy atom. The van der Waals surface area contributed by atoms with Crippen molar-refractivity contribution in [3.8, 4) is 0 Å². The topological polar surface area (TPSA) is 29.5 Å². The molecule has 1 aromatic carbocycles. The van der Waals surface area contributed by atoms with Crippen molar-refractivity contribution in [2.24, 2.45) is 0 Å². The molecule has 0 amide bonds. The van der Waals surface area contributed by atoms with Crippen LogP contribution in [0.4, 0.5) is 0 Å². The maximum Gasteiger partial charge on any atom is 0.126 e. The van der Waals surface area contributed by atoms with Crippen molar-refractivity contribution in [3.63, 3.8) is 0 Å². The SMILES string of the molecule is COC1(C)C=C2CCCC(c3ccccc3C)=C(O)C2=CC1. The van der Waals surface area contributed by atoms with Crippen LogP contribution in [0.25, 0.3) is 5.57 Å². The van der Waals surface area contributed by atoms with Gasteiger partial charge in [-0.25, -0.2) is 0 Å². The molecular weight excluding hydrogens is 272 g/mol. The molecule has 2 aliphatic carbocycles. The number of hydrogen-bond donors (Lipinski definition) is 1. The molecule has 0 saturated heterocycles. The van der Waals surface area contributed by atoms with Gasteiger partial charge in [-0.2, -0.15) is 0 Å². The molecular formula is C20H24O2. The third-order valence-corrected chi connectivity index (χ3v) is 4.89. The van der Waals surface area contributed by atoms with Gasteiger partial charge in [0.1, 0.15) is 5.76 Å². The van der Waals surface area contributed by atoms with Crippen LogP contribution in [0, 0.1) is 6.92 Å². The van der Waals surface area contributed by atoms with Crippen LogP contribution >= 0.6 is 0 Å². The number of benzene rings is 1. The van der Waals surface area contributed by atoms with Crippen LogP contribution in [0.2, 0.25) is 0 Å². The van der Waals surface area contributed by atoms with E-state index in [9.17, 15) is 5.11 Å². The van der Waals surface area contributed by atoms with E-state index in [1.165, 1.54) is 16.7 Å². The lowest BCUT2D eigenvalue weighted by Gasteiger charge is -2.29. The van der Waals surface area contributed by atoms with Crippen LogP contribution in [0.15, 0.2) is 53.3 Å². The zero-order valence-electron chi connectivity index (χ0n) is 13.6. The Hall–Kier alpha value is -1.80. The van der Waals surface area contributed by atoms with Gasteiger partial charge < -0.3 is 9.84 Å². The summed E-state index contributed by atoms with van der Waals surface area (Å²) in [5.41, 5.74) is 5.44. The zero-order chi connectivity index (χ0) is 15.7. The minimum Gasteiger partial charge on any atom is -0.507 e. The summed E-state index contributed by atoms with van der Waals surface area (Å²) in [6.07, 6.45) is 8.08. The molecule has 1 atom stereocenters. The third kappa shape index (κ3) is 2.64. The summed E-state index contributed by atoms with van der Waals surface area (Å²) in [5.74, 6) is 0.455. The Kier molecular flexibility index (Phi) is 3.96. The number of aryl methyl sites for hydroxylation is 1. The molecule has 116 valence electrons. The molecule has 1 aromatic rings. The van der Waals surface area contributed by atoms with E-state index in [0.717, 1.165) is 36.8 Å². The van der Waals surface area contributed by atoms with E-state index in [1.54, 1.807) is 7.11 Å². The van der Waals surface area contributed by atoms with Gasteiger partial charge in [0.2, 0.25) is 0 Å². The molecule has 0 aromatic heterocycles. The average molecular weight is 296 g/mol. The number of hydrogen-bond acceptors (Lipinski definition) is 2. The van der Waals surface area contributed by atoms with Gasteiger partial charge in [0.05, 0.1) is 5.60 Å². The summed E-state index contributed by atoms with van der Waals surface area (Å²) in [4.78, 5) is 0. The number of allylic oxidation sites excluding steroid dienone is 2. The molecule has 2 heteroatoms. The van der Waals surface area contributed by atoms with E-state index < -0.39 is 0 Å². The predicted molar refractivity (Wildman–Crippen MR) is 90.8 cm³/mol. The predicted octanol–water partition coefficient (Wildman–Crippen LogP) is 5.11. The standard InChI is InChI=1S/C20H24O2/c1-14-7-4-5-9-16(14)18-10-6-8-15-13-20(2,22-3)12-11-17(15)19(18)21/h4-5,7,9,11,13,21H,6,8,10,12H2,1-3H3. The summed E-state index contributed by atoms with van der Waals surface area (Å²) in [6.45, 7) is 4.20. The first-order valence-electron chi connectivity index (χ1n) is 8.00. The average Bonchev–Trinajstić information content (AvgIpc) is 2.67. The first-order valence-corrected chi connectivity index (χ1v) is 8.00. The highest BCUT2D eigenvalue weighted by Gasteiger charge is 2.29. The molecule has 0 saturated carbocycles. The van der Waals surface area contributed by atoms with Crippen molar-refractivity contribution in [3.05, 3.63) is 64.4 Å². The molecule has 0 heterocycles.